The van der Waals surface area contributed by atoms with E-state index in [0.29, 0.717) is 0 Å². The Labute approximate surface area is 89.7 Å². The number of rotatable bonds is 2. The molecule has 7 heteroatoms. The van der Waals surface area contributed by atoms with Crippen LogP contribution in [0.2, 0.25) is 5.28 Å². The summed E-state index contributed by atoms with van der Waals surface area (Å²) in [6, 6.07) is 1.32. The maximum atomic E-state index is 12.5. The van der Waals surface area contributed by atoms with Crippen LogP contribution in [0.15, 0.2) is 12.3 Å². The molecule has 0 atom stereocenters. The van der Waals surface area contributed by atoms with E-state index < -0.39 is 11.7 Å². The number of halogens is 4. The molecule has 0 aliphatic rings. The van der Waals surface area contributed by atoms with Crippen LogP contribution in [-0.4, -0.2) is 21.7 Å². The van der Waals surface area contributed by atoms with E-state index in [9.17, 15) is 13.2 Å². The van der Waals surface area contributed by atoms with Crippen LogP contribution in [0.4, 0.5) is 19.0 Å². The smallest absolute Gasteiger partial charge is 0.357 e. The SMILES string of the molecule is CC(C)(Nc1ccnc(Cl)n1)C(F)(F)F. The fourth-order valence-corrected chi connectivity index (χ4v) is 0.943. The van der Waals surface area contributed by atoms with Crippen molar-refractivity contribution in [1.29, 1.82) is 0 Å². The average Bonchev–Trinajstić information content (AvgIpc) is 2.00. The lowest BCUT2D eigenvalue weighted by molar-refractivity contribution is -0.168. The summed E-state index contributed by atoms with van der Waals surface area (Å²) in [5.41, 5.74) is -2.06. The van der Waals surface area contributed by atoms with Gasteiger partial charge in [-0.2, -0.15) is 13.2 Å². The van der Waals surface area contributed by atoms with E-state index in [4.69, 9.17) is 11.6 Å². The summed E-state index contributed by atoms with van der Waals surface area (Å²) in [7, 11) is 0. The van der Waals surface area contributed by atoms with Gasteiger partial charge in [0.25, 0.3) is 0 Å². The third kappa shape index (κ3) is 2.95. The predicted octanol–water partition coefficient (Wildman–Crippen LogP) is 2.88. The van der Waals surface area contributed by atoms with Gasteiger partial charge in [-0.1, -0.05) is 0 Å². The zero-order chi connectivity index (χ0) is 11.7. The Morgan fingerprint density at radius 2 is 1.93 bits per heavy atom. The van der Waals surface area contributed by atoms with Crippen LogP contribution in [0.1, 0.15) is 13.8 Å². The van der Waals surface area contributed by atoms with Crippen molar-refractivity contribution < 1.29 is 13.2 Å². The molecule has 0 spiro atoms. The average molecular weight is 240 g/mol. The van der Waals surface area contributed by atoms with E-state index in [0.717, 1.165) is 13.8 Å². The Morgan fingerprint density at radius 1 is 1.33 bits per heavy atom. The van der Waals surface area contributed by atoms with Gasteiger partial charge in [-0.05, 0) is 31.5 Å². The molecule has 0 aromatic carbocycles. The van der Waals surface area contributed by atoms with Gasteiger partial charge in [-0.25, -0.2) is 9.97 Å². The summed E-state index contributed by atoms with van der Waals surface area (Å²) >= 11 is 5.44. The van der Waals surface area contributed by atoms with Gasteiger partial charge in [0.2, 0.25) is 5.28 Å². The summed E-state index contributed by atoms with van der Waals surface area (Å²) in [4.78, 5) is 7.18. The highest BCUT2D eigenvalue weighted by atomic mass is 35.5. The minimum Gasteiger partial charge on any atom is -0.357 e. The Kier molecular flexibility index (Phi) is 3.08. The van der Waals surface area contributed by atoms with Crippen molar-refractivity contribution in [3.8, 4) is 0 Å². The van der Waals surface area contributed by atoms with Crippen molar-refractivity contribution in [2.24, 2.45) is 0 Å². The fraction of sp³-hybridized carbons (Fsp3) is 0.500. The first-order valence-corrected chi connectivity index (χ1v) is 4.43. The second kappa shape index (κ2) is 3.84. The molecular formula is C8H9ClF3N3. The molecule has 1 heterocycles. The monoisotopic (exact) mass is 239 g/mol. The number of anilines is 1. The van der Waals surface area contributed by atoms with Crippen molar-refractivity contribution in [1.82, 2.24) is 9.97 Å². The van der Waals surface area contributed by atoms with Crippen LogP contribution in [0.3, 0.4) is 0 Å². The molecule has 84 valence electrons. The number of nitrogens with one attached hydrogen (secondary N) is 1. The highest BCUT2D eigenvalue weighted by molar-refractivity contribution is 6.28. The molecule has 0 radical (unpaired) electrons. The maximum Gasteiger partial charge on any atom is 0.410 e. The third-order valence-electron chi connectivity index (χ3n) is 1.78. The van der Waals surface area contributed by atoms with Gasteiger partial charge in [0, 0.05) is 6.20 Å². The Morgan fingerprint density at radius 3 is 2.40 bits per heavy atom. The lowest BCUT2D eigenvalue weighted by atomic mass is 10.1. The highest BCUT2D eigenvalue weighted by Gasteiger charge is 2.47. The highest BCUT2D eigenvalue weighted by Crippen LogP contribution is 2.32. The largest absolute Gasteiger partial charge is 0.410 e. The zero-order valence-corrected chi connectivity index (χ0v) is 8.82. The van der Waals surface area contributed by atoms with Crippen LogP contribution < -0.4 is 5.32 Å². The fourth-order valence-electron chi connectivity index (χ4n) is 0.796. The third-order valence-corrected chi connectivity index (χ3v) is 1.96. The molecule has 0 saturated carbocycles. The topological polar surface area (TPSA) is 37.8 Å². The number of hydrogen-bond donors (Lipinski definition) is 1. The van der Waals surface area contributed by atoms with E-state index in [2.05, 4.69) is 15.3 Å². The molecule has 1 aromatic heterocycles. The number of hydrogen-bond acceptors (Lipinski definition) is 3. The molecular weight excluding hydrogens is 231 g/mol. The first kappa shape index (κ1) is 12.0. The molecule has 0 aliphatic carbocycles. The van der Waals surface area contributed by atoms with Gasteiger partial charge in [0.15, 0.2) is 0 Å². The molecule has 0 aliphatic heterocycles. The molecule has 1 rings (SSSR count). The summed E-state index contributed by atoms with van der Waals surface area (Å²) < 4.78 is 37.4. The molecule has 0 fully saturated rings. The molecule has 0 bridgehead atoms. The predicted molar refractivity (Wildman–Crippen MR) is 50.8 cm³/mol. The molecule has 0 unspecified atom stereocenters. The van der Waals surface area contributed by atoms with Gasteiger partial charge >= 0.3 is 6.18 Å². The molecule has 0 amide bonds. The molecule has 3 nitrogen and oxygen atoms in total. The number of aromatic nitrogens is 2. The first-order valence-electron chi connectivity index (χ1n) is 4.06. The van der Waals surface area contributed by atoms with Crippen molar-refractivity contribution in [2.45, 2.75) is 25.6 Å². The minimum absolute atomic E-state index is 0.0392. The Bertz CT molecular complexity index is 351. The first-order chi connectivity index (χ1) is 6.72. The van der Waals surface area contributed by atoms with Crippen molar-refractivity contribution >= 4 is 17.4 Å². The van der Waals surface area contributed by atoms with Gasteiger partial charge in [-0.15, -0.1) is 0 Å². The standard InChI is InChI=1S/C8H9ClF3N3/c1-7(2,8(10,11)12)15-5-3-4-13-6(9)14-5/h3-4H,1-2H3,(H,13,14,15). The Balaban J connectivity index is 2.87. The van der Waals surface area contributed by atoms with E-state index >= 15 is 0 Å². The van der Waals surface area contributed by atoms with E-state index in [1.807, 2.05) is 0 Å². The summed E-state index contributed by atoms with van der Waals surface area (Å²) in [6.07, 6.45) is -3.09. The molecule has 1 N–H and O–H groups in total. The second-order valence-electron chi connectivity index (χ2n) is 3.46. The van der Waals surface area contributed by atoms with Crippen molar-refractivity contribution in [3.63, 3.8) is 0 Å². The van der Waals surface area contributed by atoms with Crippen molar-refractivity contribution in [2.75, 3.05) is 5.32 Å². The van der Waals surface area contributed by atoms with Crippen LogP contribution in [0.5, 0.6) is 0 Å². The summed E-state index contributed by atoms with van der Waals surface area (Å²) in [5, 5.41) is 2.14. The summed E-state index contributed by atoms with van der Waals surface area (Å²) in [6.45, 7) is 2.03. The number of nitrogens with zero attached hydrogens (tertiary/aromatic N) is 2. The zero-order valence-electron chi connectivity index (χ0n) is 8.06. The van der Waals surface area contributed by atoms with E-state index in [1.54, 1.807) is 0 Å². The van der Waals surface area contributed by atoms with Gasteiger partial charge < -0.3 is 5.32 Å². The Hall–Kier alpha value is -1.04. The normalized spacial score (nSPS) is 12.7. The van der Waals surface area contributed by atoms with Crippen molar-refractivity contribution in [3.05, 3.63) is 17.5 Å². The lowest BCUT2D eigenvalue weighted by Gasteiger charge is -2.29. The molecule has 15 heavy (non-hydrogen) atoms. The van der Waals surface area contributed by atoms with Crippen LogP contribution in [0, 0.1) is 0 Å². The van der Waals surface area contributed by atoms with Crippen LogP contribution in [-0.2, 0) is 0 Å². The van der Waals surface area contributed by atoms with Gasteiger partial charge in [0.1, 0.15) is 11.4 Å². The van der Waals surface area contributed by atoms with Gasteiger partial charge in [0.05, 0.1) is 0 Å². The second-order valence-corrected chi connectivity index (χ2v) is 3.80. The van der Waals surface area contributed by atoms with E-state index in [-0.39, 0.29) is 11.1 Å². The van der Waals surface area contributed by atoms with Crippen LogP contribution in [0.25, 0.3) is 0 Å². The van der Waals surface area contributed by atoms with Crippen LogP contribution >= 0.6 is 11.6 Å². The van der Waals surface area contributed by atoms with Gasteiger partial charge in [-0.3, -0.25) is 0 Å². The maximum absolute atomic E-state index is 12.5. The molecule has 1 aromatic rings. The van der Waals surface area contributed by atoms with E-state index in [1.165, 1.54) is 12.3 Å². The minimum atomic E-state index is -4.37. The lowest BCUT2D eigenvalue weighted by Crippen LogP contribution is -2.46. The summed E-state index contributed by atoms with van der Waals surface area (Å²) in [5.74, 6) is 0.0392. The number of alkyl halides is 3. The quantitative estimate of drug-likeness (QED) is 0.807. The molecule has 0 saturated heterocycles.